The molecule has 0 aliphatic rings. The molecule has 1 aromatic heterocycles. The molecule has 8 heteroatoms. The molecule has 2 aromatic rings. The quantitative estimate of drug-likeness (QED) is 0.540. The van der Waals surface area contributed by atoms with Gasteiger partial charge < -0.3 is 10.6 Å². The van der Waals surface area contributed by atoms with Gasteiger partial charge in [-0.25, -0.2) is 0 Å². The number of thioether (sulfide) groups is 1. The first-order valence-corrected chi connectivity index (χ1v) is 10.0. The van der Waals surface area contributed by atoms with Crippen LogP contribution < -0.4 is 10.6 Å². The van der Waals surface area contributed by atoms with E-state index in [1.165, 1.54) is 23.1 Å². The molecule has 0 saturated carbocycles. The van der Waals surface area contributed by atoms with E-state index in [0.29, 0.717) is 15.9 Å². The van der Waals surface area contributed by atoms with Gasteiger partial charge in [-0.1, -0.05) is 62.1 Å². The average Bonchev–Trinajstić information content (AvgIpc) is 3.07. The molecule has 25 heavy (non-hydrogen) atoms. The Kier molecular flexibility index (Phi) is 7.39. The number of carbonyl (C=O) groups is 2. The molecule has 0 aliphatic carbocycles. The zero-order valence-electron chi connectivity index (χ0n) is 14.6. The number of anilines is 2. The van der Waals surface area contributed by atoms with Gasteiger partial charge >= 0.3 is 0 Å². The predicted molar refractivity (Wildman–Crippen MR) is 103 cm³/mol. The second-order valence-electron chi connectivity index (χ2n) is 5.27. The Morgan fingerprint density at radius 2 is 1.72 bits per heavy atom. The van der Waals surface area contributed by atoms with Gasteiger partial charge in [-0.3, -0.25) is 9.59 Å². The second kappa shape index (κ2) is 9.53. The van der Waals surface area contributed by atoms with E-state index in [2.05, 4.69) is 34.7 Å². The highest BCUT2D eigenvalue weighted by Crippen LogP contribution is 2.27. The van der Waals surface area contributed by atoms with Gasteiger partial charge in [0.25, 0.3) is 0 Å². The molecule has 2 amide bonds. The Balaban J connectivity index is 1.94. The fraction of sp³-hybridized carbons (Fsp3) is 0.412. The Morgan fingerprint density at radius 1 is 1.04 bits per heavy atom. The van der Waals surface area contributed by atoms with Crippen molar-refractivity contribution in [2.24, 2.45) is 0 Å². The zero-order chi connectivity index (χ0) is 18.2. The molecule has 0 fully saturated rings. The monoisotopic (exact) mass is 378 g/mol. The summed E-state index contributed by atoms with van der Waals surface area (Å²) < 4.78 is 0.654. The summed E-state index contributed by atoms with van der Waals surface area (Å²) in [6.07, 6.45) is 2.13. The number of amides is 2. The maximum atomic E-state index is 12.3. The van der Waals surface area contributed by atoms with E-state index in [-0.39, 0.29) is 17.6 Å². The highest BCUT2D eigenvalue weighted by molar-refractivity contribution is 8.01. The highest BCUT2D eigenvalue weighted by atomic mass is 32.2. The number of para-hydroxylation sites is 1. The molecule has 2 N–H and O–H groups in total. The minimum absolute atomic E-state index is 0.0741. The zero-order valence-corrected chi connectivity index (χ0v) is 16.2. The van der Waals surface area contributed by atoms with Crippen LogP contribution in [0.4, 0.5) is 10.8 Å². The van der Waals surface area contributed by atoms with Gasteiger partial charge in [0.05, 0.1) is 5.75 Å². The number of rotatable bonds is 8. The van der Waals surface area contributed by atoms with Crippen molar-refractivity contribution in [2.75, 3.05) is 16.4 Å². The Hall–Kier alpha value is -1.93. The predicted octanol–water partition coefficient (Wildman–Crippen LogP) is 3.74. The molecular weight excluding hydrogens is 356 g/mol. The highest BCUT2D eigenvalue weighted by Gasteiger charge is 2.12. The number of hydrogen-bond acceptors (Lipinski definition) is 6. The van der Waals surface area contributed by atoms with Gasteiger partial charge in [0.2, 0.25) is 16.9 Å². The molecule has 0 bridgehead atoms. The van der Waals surface area contributed by atoms with Crippen LogP contribution in [0.5, 0.6) is 0 Å². The van der Waals surface area contributed by atoms with Gasteiger partial charge in [0.15, 0.2) is 4.34 Å². The van der Waals surface area contributed by atoms with Crippen LogP contribution in [0.3, 0.4) is 0 Å². The summed E-state index contributed by atoms with van der Waals surface area (Å²) in [5.41, 5.74) is 3.20. The third kappa shape index (κ3) is 5.54. The average molecular weight is 379 g/mol. The normalized spacial score (nSPS) is 10.5. The van der Waals surface area contributed by atoms with E-state index >= 15 is 0 Å². The summed E-state index contributed by atoms with van der Waals surface area (Å²) >= 11 is 2.58. The van der Waals surface area contributed by atoms with Crippen LogP contribution in [0, 0.1) is 0 Å². The molecule has 1 heterocycles. The van der Waals surface area contributed by atoms with Crippen molar-refractivity contribution in [2.45, 2.75) is 44.4 Å². The van der Waals surface area contributed by atoms with Crippen molar-refractivity contribution in [3.05, 3.63) is 29.3 Å². The summed E-state index contributed by atoms with van der Waals surface area (Å²) in [7, 11) is 0. The molecule has 1 aromatic carbocycles. The van der Waals surface area contributed by atoms with E-state index in [1.807, 2.05) is 18.2 Å². The molecule has 0 unspecified atom stereocenters. The summed E-state index contributed by atoms with van der Waals surface area (Å²) in [5, 5.41) is 14.0. The summed E-state index contributed by atoms with van der Waals surface area (Å²) in [6, 6.07) is 6.10. The molecule has 0 saturated heterocycles. The number of nitrogens with one attached hydrogen (secondary N) is 2. The molecule has 0 aliphatic heterocycles. The molecule has 2 rings (SSSR count). The van der Waals surface area contributed by atoms with Gasteiger partial charge in [0.1, 0.15) is 0 Å². The first-order valence-electron chi connectivity index (χ1n) is 8.24. The van der Waals surface area contributed by atoms with Gasteiger partial charge in [0, 0.05) is 12.1 Å². The van der Waals surface area contributed by atoms with Gasteiger partial charge in [-0.15, -0.1) is 10.2 Å². The van der Waals surface area contributed by atoms with Crippen LogP contribution in [0.25, 0.3) is 0 Å². The SMILES string of the molecule is CCC(=O)Nc1nnc(SCC(=O)Nc2c(CC)cccc2CC)s1. The lowest BCUT2D eigenvalue weighted by atomic mass is 10.0. The third-order valence-corrected chi connectivity index (χ3v) is 5.54. The van der Waals surface area contributed by atoms with E-state index in [1.54, 1.807) is 6.92 Å². The lowest BCUT2D eigenvalue weighted by Gasteiger charge is -2.14. The lowest BCUT2D eigenvalue weighted by Crippen LogP contribution is -2.16. The Bertz CT molecular complexity index is 724. The topological polar surface area (TPSA) is 84.0 Å². The first kappa shape index (κ1) is 19.4. The third-order valence-electron chi connectivity index (χ3n) is 3.56. The molecule has 0 spiro atoms. The fourth-order valence-electron chi connectivity index (χ4n) is 2.23. The van der Waals surface area contributed by atoms with Crippen LogP contribution in [0.15, 0.2) is 22.5 Å². The number of hydrogen-bond donors (Lipinski definition) is 2. The standard InChI is InChI=1S/C17H22N4O2S2/c1-4-11-8-7-9-12(5-2)15(11)18-14(23)10-24-17-21-20-16(25-17)19-13(22)6-3/h7-9H,4-6,10H2,1-3H3,(H,18,23)(H,19,20,22). The summed E-state index contributed by atoms with van der Waals surface area (Å²) in [6.45, 7) is 5.92. The van der Waals surface area contributed by atoms with Gasteiger partial charge in [-0.05, 0) is 24.0 Å². The van der Waals surface area contributed by atoms with Gasteiger partial charge in [-0.2, -0.15) is 0 Å². The Morgan fingerprint density at radius 3 is 2.32 bits per heavy atom. The number of benzene rings is 1. The number of carbonyl (C=O) groups excluding carboxylic acids is 2. The van der Waals surface area contributed by atoms with E-state index in [0.717, 1.165) is 29.7 Å². The number of aromatic nitrogens is 2. The molecule has 0 radical (unpaired) electrons. The second-order valence-corrected chi connectivity index (χ2v) is 7.47. The van der Waals surface area contributed by atoms with Crippen LogP contribution in [-0.4, -0.2) is 27.8 Å². The molecular formula is C17H22N4O2S2. The van der Waals surface area contributed by atoms with Crippen molar-refractivity contribution in [3.8, 4) is 0 Å². The number of nitrogens with zero attached hydrogens (tertiary/aromatic N) is 2. The Labute approximate surface area is 155 Å². The largest absolute Gasteiger partial charge is 0.325 e. The first-order chi connectivity index (χ1) is 12.1. The van der Waals surface area contributed by atoms with E-state index < -0.39 is 0 Å². The number of aryl methyl sites for hydroxylation is 2. The maximum Gasteiger partial charge on any atom is 0.234 e. The van der Waals surface area contributed by atoms with Crippen molar-refractivity contribution < 1.29 is 9.59 Å². The minimum Gasteiger partial charge on any atom is -0.325 e. The van der Waals surface area contributed by atoms with E-state index in [4.69, 9.17) is 0 Å². The van der Waals surface area contributed by atoms with Crippen molar-refractivity contribution in [3.63, 3.8) is 0 Å². The van der Waals surface area contributed by atoms with Crippen LogP contribution in [0.1, 0.15) is 38.3 Å². The molecule has 134 valence electrons. The summed E-state index contributed by atoms with van der Waals surface area (Å²) in [5.74, 6) is 0.0704. The molecule has 6 nitrogen and oxygen atoms in total. The van der Waals surface area contributed by atoms with Crippen molar-refractivity contribution in [1.29, 1.82) is 0 Å². The summed E-state index contributed by atoms with van der Waals surface area (Å²) in [4.78, 5) is 23.6. The van der Waals surface area contributed by atoms with Crippen molar-refractivity contribution >= 4 is 45.7 Å². The van der Waals surface area contributed by atoms with Crippen molar-refractivity contribution in [1.82, 2.24) is 10.2 Å². The van der Waals surface area contributed by atoms with Crippen LogP contribution in [0.2, 0.25) is 0 Å². The fourth-order valence-corrected chi connectivity index (χ4v) is 3.80. The smallest absolute Gasteiger partial charge is 0.234 e. The van der Waals surface area contributed by atoms with Crippen LogP contribution in [-0.2, 0) is 22.4 Å². The lowest BCUT2D eigenvalue weighted by molar-refractivity contribution is -0.116. The van der Waals surface area contributed by atoms with E-state index in [9.17, 15) is 9.59 Å². The molecule has 0 atom stereocenters. The van der Waals surface area contributed by atoms with Crippen LogP contribution >= 0.6 is 23.1 Å². The maximum absolute atomic E-state index is 12.3. The minimum atomic E-state index is -0.103.